The maximum Gasteiger partial charge on any atom is 0.261 e. The minimum absolute atomic E-state index is 0.165. The van der Waals surface area contributed by atoms with E-state index >= 15 is 0 Å². The molecule has 3 aromatic heterocycles. The van der Waals surface area contributed by atoms with Crippen molar-refractivity contribution in [3.05, 3.63) is 65.9 Å². The van der Waals surface area contributed by atoms with Gasteiger partial charge in [-0.05, 0) is 24.3 Å². The molecule has 0 aliphatic heterocycles. The predicted molar refractivity (Wildman–Crippen MR) is 98.0 cm³/mol. The summed E-state index contributed by atoms with van der Waals surface area (Å²) in [6, 6.07) is 12.7. The van der Waals surface area contributed by atoms with E-state index in [2.05, 4.69) is 25.7 Å². The van der Waals surface area contributed by atoms with Crippen LogP contribution in [0, 0.1) is 0 Å². The molecule has 4 rings (SSSR count). The molecule has 0 saturated heterocycles. The number of fused-ring (bicyclic) bond motifs is 1. The van der Waals surface area contributed by atoms with Crippen LogP contribution in [-0.2, 0) is 6.54 Å². The van der Waals surface area contributed by atoms with Crippen LogP contribution in [0.15, 0.2) is 53.2 Å². The lowest BCUT2D eigenvalue weighted by molar-refractivity contribution is 0.0950. The average Bonchev–Trinajstić information content (AvgIpc) is 3.34. The Morgan fingerprint density at radius 3 is 2.70 bits per heavy atom. The number of rotatable bonds is 5. The van der Waals surface area contributed by atoms with Crippen LogP contribution in [0.5, 0.6) is 0 Å². The molecule has 0 saturated carbocycles. The van der Waals surface area contributed by atoms with Crippen LogP contribution in [0.3, 0.4) is 0 Å². The molecule has 8 nitrogen and oxygen atoms in total. The Morgan fingerprint density at radius 2 is 1.96 bits per heavy atom. The normalized spacial score (nSPS) is 11.2. The fraction of sp³-hybridized carbons (Fsp3) is 0.211. The van der Waals surface area contributed by atoms with Gasteiger partial charge >= 0.3 is 0 Å². The van der Waals surface area contributed by atoms with E-state index in [-0.39, 0.29) is 18.4 Å². The van der Waals surface area contributed by atoms with Gasteiger partial charge in [0.1, 0.15) is 0 Å². The van der Waals surface area contributed by atoms with Crippen molar-refractivity contribution in [1.29, 1.82) is 0 Å². The van der Waals surface area contributed by atoms with Gasteiger partial charge in [-0.1, -0.05) is 37.2 Å². The largest absolute Gasteiger partial charge is 0.345 e. The Kier molecular flexibility index (Phi) is 4.37. The summed E-state index contributed by atoms with van der Waals surface area (Å²) >= 11 is 0. The fourth-order valence-corrected chi connectivity index (χ4v) is 2.68. The number of hydrogen-bond donors (Lipinski definition) is 1. The van der Waals surface area contributed by atoms with Crippen molar-refractivity contribution in [3.8, 4) is 11.5 Å². The molecule has 0 bridgehead atoms. The van der Waals surface area contributed by atoms with Crippen LogP contribution in [0.4, 0.5) is 0 Å². The van der Waals surface area contributed by atoms with Crippen molar-refractivity contribution < 1.29 is 9.32 Å². The van der Waals surface area contributed by atoms with E-state index in [1.54, 1.807) is 16.5 Å². The molecule has 0 aliphatic rings. The molecular weight excluding hydrogens is 344 g/mol. The van der Waals surface area contributed by atoms with Gasteiger partial charge in [0.05, 0.1) is 12.1 Å². The lowest BCUT2D eigenvalue weighted by atomic mass is 10.2. The second kappa shape index (κ2) is 6.99. The molecule has 0 fully saturated rings. The number of pyridine rings is 1. The molecule has 136 valence electrons. The van der Waals surface area contributed by atoms with E-state index in [0.29, 0.717) is 34.3 Å². The summed E-state index contributed by atoms with van der Waals surface area (Å²) in [6.45, 7) is 4.25. The van der Waals surface area contributed by atoms with Crippen LogP contribution in [-0.4, -0.2) is 30.6 Å². The van der Waals surface area contributed by atoms with Gasteiger partial charge in [0.2, 0.25) is 0 Å². The van der Waals surface area contributed by atoms with Gasteiger partial charge in [-0.25, -0.2) is 0 Å². The van der Waals surface area contributed by atoms with Gasteiger partial charge < -0.3 is 9.84 Å². The topological polar surface area (TPSA) is 98.2 Å². The van der Waals surface area contributed by atoms with E-state index in [9.17, 15) is 4.79 Å². The first kappa shape index (κ1) is 16.9. The smallest absolute Gasteiger partial charge is 0.261 e. The number of nitrogens with one attached hydrogen (secondary N) is 1. The molecule has 4 aromatic rings. The number of nitrogens with zero attached hydrogens (tertiary/aromatic N) is 5. The first-order valence-corrected chi connectivity index (χ1v) is 8.63. The lowest BCUT2D eigenvalue weighted by Gasteiger charge is -2.04. The van der Waals surface area contributed by atoms with Crippen molar-refractivity contribution in [3.63, 3.8) is 0 Å². The van der Waals surface area contributed by atoms with Crippen LogP contribution >= 0.6 is 0 Å². The highest BCUT2D eigenvalue weighted by molar-refractivity contribution is 5.94. The Bertz CT molecular complexity index is 1080. The van der Waals surface area contributed by atoms with Crippen LogP contribution in [0.2, 0.25) is 0 Å². The summed E-state index contributed by atoms with van der Waals surface area (Å²) in [5.74, 6) is 1.66. The fourth-order valence-electron chi connectivity index (χ4n) is 2.68. The zero-order chi connectivity index (χ0) is 18.8. The lowest BCUT2D eigenvalue weighted by Crippen LogP contribution is -2.23. The Morgan fingerprint density at radius 1 is 1.15 bits per heavy atom. The Labute approximate surface area is 155 Å². The summed E-state index contributed by atoms with van der Waals surface area (Å²) < 4.78 is 7.18. The molecule has 8 heteroatoms. The monoisotopic (exact) mass is 362 g/mol. The zero-order valence-corrected chi connectivity index (χ0v) is 15.0. The van der Waals surface area contributed by atoms with Crippen molar-refractivity contribution in [1.82, 2.24) is 30.1 Å². The predicted octanol–water partition coefficient (Wildman–Crippen LogP) is 2.83. The number of amides is 1. The zero-order valence-electron chi connectivity index (χ0n) is 15.0. The summed E-state index contributed by atoms with van der Waals surface area (Å²) in [5, 5.41) is 15.3. The minimum Gasteiger partial charge on any atom is -0.345 e. The van der Waals surface area contributed by atoms with E-state index in [4.69, 9.17) is 4.52 Å². The highest BCUT2D eigenvalue weighted by Crippen LogP contribution is 2.23. The molecular formula is C19H18N6O2. The number of hydrogen-bond acceptors (Lipinski definition) is 6. The number of carbonyl (C=O) groups excluding carboxylic acids is 1. The highest BCUT2D eigenvalue weighted by atomic mass is 16.5. The van der Waals surface area contributed by atoms with E-state index < -0.39 is 0 Å². The van der Waals surface area contributed by atoms with Crippen LogP contribution in [0.1, 0.15) is 41.8 Å². The standard InChI is InChI=1S/C19H18N6O2/c1-12(2)16-21-19(27-24-16)14-9-6-10-25-15(22-23-17(14)25)11-20-18(26)13-7-4-3-5-8-13/h3-10,12H,11H2,1-2H3,(H,20,26). The van der Waals surface area contributed by atoms with Crippen molar-refractivity contribution in [2.24, 2.45) is 0 Å². The molecule has 27 heavy (non-hydrogen) atoms. The third kappa shape index (κ3) is 3.29. The average molecular weight is 362 g/mol. The number of carbonyl (C=O) groups is 1. The summed E-state index contributed by atoms with van der Waals surface area (Å²) in [5.41, 5.74) is 1.89. The SMILES string of the molecule is CC(C)c1noc(-c2cccn3c(CNC(=O)c4ccccc4)nnc23)n1. The third-order valence-electron chi connectivity index (χ3n) is 4.14. The maximum atomic E-state index is 12.2. The summed E-state index contributed by atoms with van der Waals surface area (Å²) in [4.78, 5) is 16.7. The van der Waals surface area contributed by atoms with E-state index in [1.165, 1.54) is 0 Å². The number of aromatic nitrogens is 5. The molecule has 0 atom stereocenters. The van der Waals surface area contributed by atoms with E-state index in [0.717, 1.165) is 0 Å². The van der Waals surface area contributed by atoms with Crippen LogP contribution in [0.25, 0.3) is 17.1 Å². The molecule has 3 heterocycles. The van der Waals surface area contributed by atoms with Gasteiger partial charge in [-0.3, -0.25) is 9.20 Å². The van der Waals surface area contributed by atoms with Gasteiger partial charge in [0, 0.05) is 17.7 Å². The summed E-state index contributed by atoms with van der Waals surface area (Å²) in [7, 11) is 0. The minimum atomic E-state index is -0.165. The Balaban J connectivity index is 1.59. The third-order valence-corrected chi connectivity index (χ3v) is 4.14. The van der Waals surface area contributed by atoms with Gasteiger partial charge in [0.15, 0.2) is 17.3 Å². The quantitative estimate of drug-likeness (QED) is 0.586. The first-order chi connectivity index (χ1) is 13.1. The van der Waals surface area contributed by atoms with Crippen molar-refractivity contribution >= 4 is 11.6 Å². The molecule has 1 amide bonds. The molecule has 0 spiro atoms. The molecule has 1 N–H and O–H groups in total. The molecule has 0 aliphatic carbocycles. The second-order valence-corrected chi connectivity index (χ2v) is 6.39. The number of benzene rings is 1. The first-order valence-electron chi connectivity index (χ1n) is 8.63. The van der Waals surface area contributed by atoms with Crippen LogP contribution < -0.4 is 5.32 Å². The highest BCUT2D eigenvalue weighted by Gasteiger charge is 2.17. The maximum absolute atomic E-state index is 12.2. The summed E-state index contributed by atoms with van der Waals surface area (Å²) in [6.07, 6.45) is 1.84. The van der Waals surface area contributed by atoms with Crippen molar-refractivity contribution in [2.45, 2.75) is 26.3 Å². The van der Waals surface area contributed by atoms with E-state index in [1.807, 2.05) is 50.4 Å². The Hall–Kier alpha value is -3.55. The molecule has 0 unspecified atom stereocenters. The van der Waals surface area contributed by atoms with Gasteiger partial charge in [-0.15, -0.1) is 10.2 Å². The second-order valence-electron chi connectivity index (χ2n) is 6.39. The van der Waals surface area contributed by atoms with Gasteiger partial charge in [0.25, 0.3) is 11.8 Å². The molecule has 1 aromatic carbocycles. The molecule has 0 radical (unpaired) electrons. The van der Waals surface area contributed by atoms with Crippen molar-refractivity contribution in [2.75, 3.05) is 0 Å². The van der Waals surface area contributed by atoms with Gasteiger partial charge in [-0.2, -0.15) is 4.98 Å².